The van der Waals surface area contributed by atoms with E-state index in [1.807, 2.05) is 5.38 Å². The first-order valence-electron chi connectivity index (χ1n) is 4.25. The monoisotopic (exact) mass is 304 g/mol. The van der Waals surface area contributed by atoms with Gasteiger partial charge in [0.05, 0.1) is 5.54 Å². The highest BCUT2D eigenvalue weighted by Crippen LogP contribution is 2.29. The zero-order valence-corrected chi connectivity index (χ0v) is 11.4. The molecule has 0 aliphatic rings. The molecule has 0 saturated heterocycles. The number of hydrogen-bond donors (Lipinski definition) is 1. The molecule has 0 amide bonds. The van der Waals surface area contributed by atoms with Crippen LogP contribution in [0.1, 0.15) is 18.9 Å². The maximum absolute atomic E-state index is 4.29. The average Bonchev–Trinajstić information content (AvgIpc) is 2.75. The molecule has 2 aromatic heterocycles. The summed E-state index contributed by atoms with van der Waals surface area (Å²) in [6.45, 7) is 4.14. The fraction of sp³-hybridized carbons (Fsp3) is 0.375. The summed E-state index contributed by atoms with van der Waals surface area (Å²) in [5, 5.41) is 15.0. The first kappa shape index (κ1) is 11.0. The number of anilines is 1. The smallest absolute Gasteiger partial charge is 0.207 e. The highest BCUT2D eigenvalue weighted by molar-refractivity contribution is 9.11. The Bertz CT molecular complexity index is 437. The third-order valence-electron chi connectivity index (χ3n) is 1.79. The highest BCUT2D eigenvalue weighted by atomic mass is 79.9. The molecule has 0 saturated carbocycles. The predicted molar refractivity (Wildman–Crippen MR) is 66.4 cm³/mol. The van der Waals surface area contributed by atoms with Gasteiger partial charge >= 0.3 is 0 Å². The standard InChI is InChI=1S/C8H9BrN4S2/c1-8(2,5-10-3-4-14-5)11-7-13-12-6(9)15-7/h3-4H,1-2H3,(H,11,13). The molecule has 2 rings (SSSR count). The van der Waals surface area contributed by atoms with Crippen molar-refractivity contribution in [3.05, 3.63) is 20.5 Å². The average molecular weight is 305 g/mol. The molecule has 0 aliphatic carbocycles. The topological polar surface area (TPSA) is 50.7 Å². The lowest BCUT2D eigenvalue weighted by atomic mass is 10.1. The molecule has 80 valence electrons. The zero-order chi connectivity index (χ0) is 10.9. The van der Waals surface area contributed by atoms with Crippen LogP contribution in [-0.2, 0) is 5.54 Å². The van der Waals surface area contributed by atoms with Crippen molar-refractivity contribution in [2.75, 3.05) is 5.32 Å². The van der Waals surface area contributed by atoms with Crippen LogP contribution in [-0.4, -0.2) is 15.2 Å². The Kier molecular flexibility index (Phi) is 3.03. The summed E-state index contributed by atoms with van der Waals surface area (Å²) in [5.74, 6) is 0. The highest BCUT2D eigenvalue weighted by Gasteiger charge is 2.24. The molecule has 2 heterocycles. The molecule has 0 atom stereocenters. The van der Waals surface area contributed by atoms with Crippen LogP contribution in [0, 0.1) is 0 Å². The fourth-order valence-electron chi connectivity index (χ4n) is 1.11. The molecular formula is C8H9BrN4S2. The number of hydrogen-bond acceptors (Lipinski definition) is 6. The molecule has 0 unspecified atom stereocenters. The van der Waals surface area contributed by atoms with Gasteiger partial charge in [-0.3, -0.25) is 0 Å². The van der Waals surface area contributed by atoms with Crippen LogP contribution in [0.2, 0.25) is 0 Å². The Morgan fingerprint density at radius 2 is 2.20 bits per heavy atom. The molecule has 0 bridgehead atoms. The minimum atomic E-state index is -0.215. The molecule has 7 heteroatoms. The molecule has 0 aliphatic heterocycles. The molecule has 1 N–H and O–H groups in total. The van der Waals surface area contributed by atoms with Crippen LogP contribution in [0.4, 0.5) is 5.13 Å². The number of nitrogens with one attached hydrogen (secondary N) is 1. The van der Waals surface area contributed by atoms with Crippen LogP contribution in [0.3, 0.4) is 0 Å². The van der Waals surface area contributed by atoms with Crippen molar-refractivity contribution in [1.82, 2.24) is 15.2 Å². The maximum Gasteiger partial charge on any atom is 0.207 e. The van der Waals surface area contributed by atoms with E-state index in [1.165, 1.54) is 11.3 Å². The van der Waals surface area contributed by atoms with E-state index in [0.29, 0.717) is 0 Å². The summed E-state index contributed by atoms with van der Waals surface area (Å²) in [6, 6.07) is 0. The summed E-state index contributed by atoms with van der Waals surface area (Å²) in [5.41, 5.74) is -0.215. The van der Waals surface area contributed by atoms with E-state index < -0.39 is 0 Å². The van der Waals surface area contributed by atoms with E-state index in [1.54, 1.807) is 17.5 Å². The number of rotatable bonds is 3. The normalized spacial score (nSPS) is 11.7. The minimum absolute atomic E-state index is 0.215. The van der Waals surface area contributed by atoms with Crippen LogP contribution >= 0.6 is 38.6 Å². The SMILES string of the molecule is CC(C)(Nc1nnc(Br)s1)c1nccs1. The number of thiazole rings is 1. The molecule has 0 spiro atoms. The fourth-order valence-corrected chi connectivity index (χ4v) is 3.00. The summed E-state index contributed by atoms with van der Waals surface area (Å²) in [7, 11) is 0. The molecule has 15 heavy (non-hydrogen) atoms. The minimum Gasteiger partial charge on any atom is -0.349 e. The van der Waals surface area contributed by atoms with Crippen molar-refractivity contribution >= 4 is 43.7 Å². The predicted octanol–water partition coefficient (Wildman–Crippen LogP) is 3.10. The van der Waals surface area contributed by atoms with Gasteiger partial charge in [0.2, 0.25) is 5.13 Å². The van der Waals surface area contributed by atoms with Gasteiger partial charge in [-0.15, -0.1) is 21.5 Å². The van der Waals surface area contributed by atoms with Gasteiger partial charge in [0.1, 0.15) is 5.01 Å². The van der Waals surface area contributed by atoms with Gasteiger partial charge in [-0.2, -0.15) is 0 Å². The number of aromatic nitrogens is 3. The van der Waals surface area contributed by atoms with Gasteiger partial charge < -0.3 is 5.32 Å². The summed E-state index contributed by atoms with van der Waals surface area (Å²) < 4.78 is 0.778. The van der Waals surface area contributed by atoms with E-state index in [-0.39, 0.29) is 5.54 Å². The Hall–Kier alpha value is -0.530. The quantitative estimate of drug-likeness (QED) is 0.946. The first-order chi connectivity index (χ1) is 7.08. The molecule has 0 radical (unpaired) electrons. The van der Waals surface area contributed by atoms with Crippen molar-refractivity contribution < 1.29 is 0 Å². The van der Waals surface area contributed by atoms with Gasteiger partial charge in [0, 0.05) is 11.6 Å². The molecule has 0 fully saturated rings. The van der Waals surface area contributed by atoms with Crippen molar-refractivity contribution in [2.24, 2.45) is 0 Å². The van der Waals surface area contributed by atoms with Crippen molar-refractivity contribution in [3.63, 3.8) is 0 Å². The van der Waals surface area contributed by atoms with Crippen molar-refractivity contribution in [2.45, 2.75) is 19.4 Å². The van der Waals surface area contributed by atoms with Gasteiger partial charge in [-0.25, -0.2) is 4.98 Å². The van der Waals surface area contributed by atoms with Crippen LogP contribution in [0.25, 0.3) is 0 Å². The van der Waals surface area contributed by atoms with Gasteiger partial charge in [-0.05, 0) is 29.8 Å². The molecule has 0 aromatic carbocycles. The van der Waals surface area contributed by atoms with E-state index in [9.17, 15) is 0 Å². The largest absolute Gasteiger partial charge is 0.349 e. The summed E-state index contributed by atoms with van der Waals surface area (Å²) in [4.78, 5) is 4.29. The van der Waals surface area contributed by atoms with Crippen LogP contribution in [0.15, 0.2) is 15.5 Å². The Labute approximate surface area is 104 Å². The maximum atomic E-state index is 4.29. The lowest BCUT2D eigenvalue weighted by Crippen LogP contribution is -2.27. The first-order valence-corrected chi connectivity index (χ1v) is 6.74. The molecule has 2 aromatic rings. The lowest BCUT2D eigenvalue weighted by Gasteiger charge is -2.22. The van der Waals surface area contributed by atoms with E-state index in [4.69, 9.17) is 0 Å². The third-order valence-corrected chi connectivity index (χ3v) is 4.15. The Morgan fingerprint density at radius 1 is 1.40 bits per heavy atom. The second kappa shape index (κ2) is 4.15. The number of nitrogens with zero attached hydrogens (tertiary/aromatic N) is 3. The number of halogens is 1. The third kappa shape index (κ3) is 2.53. The second-order valence-electron chi connectivity index (χ2n) is 3.45. The van der Waals surface area contributed by atoms with E-state index >= 15 is 0 Å². The molecular weight excluding hydrogens is 296 g/mol. The lowest BCUT2D eigenvalue weighted by molar-refractivity contribution is 0.602. The second-order valence-corrected chi connectivity index (χ2v) is 6.60. The van der Waals surface area contributed by atoms with E-state index in [0.717, 1.165) is 14.1 Å². The summed E-state index contributed by atoms with van der Waals surface area (Å²) >= 11 is 6.38. The Balaban J connectivity index is 2.18. The summed E-state index contributed by atoms with van der Waals surface area (Å²) in [6.07, 6.45) is 1.81. The van der Waals surface area contributed by atoms with Gasteiger partial charge in [-0.1, -0.05) is 11.3 Å². The van der Waals surface area contributed by atoms with E-state index in [2.05, 4.69) is 50.3 Å². The Morgan fingerprint density at radius 3 is 2.73 bits per heavy atom. The van der Waals surface area contributed by atoms with Crippen molar-refractivity contribution in [1.29, 1.82) is 0 Å². The molecule has 4 nitrogen and oxygen atoms in total. The van der Waals surface area contributed by atoms with Crippen molar-refractivity contribution in [3.8, 4) is 0 Å². The van der Waals surface area contributed by atoms with Gasteiger partial charge in [0.15, 0.2) is 3.92 Å². The van der Waals surface area contributed by atoms with Gasteiger partial charge in [0.25, 0.3) is 0 Å². The van der Waals surface area contributed by atoms with Crippen LogP contribution in [0.5, 0.6) is 0 Å². The zero-order valence-electron chi connectivity index (χ0n) is 8.19. The van der Waals surface area contributed by atoms with Crippen LogP contribution < -0.4 is 5.32 Å².